The molecule has 1 aromatic carbocycles. The van der Waals surface area contributed by atoms with E-state index in [9.17, 15) is 9.90 Å². The fourth-order valence-electron chi connectivity index (χ4n) is 4.09. The van der Waals surface area contributed by atoms with E-state index in [0.29, 0.717) is 13.1 Å². The van der Waals surface area contributed by atoms with E-state index in [0.717, 1.165) is 53.5 Å². The summed E-state index contributed by atoms with van der Waals surface area (Å²) in [5.74, 6) is 0.458. The summed E-state index contributed by atoms with van der Waals surface area (Å²) in [6, 6.07) is 11.8. The van der Waals surface area contributed by atoms with Gasteiger partial charge in [0, 0.05) is 24.8 Å². The minimum absolute atomic E-state index is 0.237. The van der Waals surface area contributed by atoms with Gasteiger partial charge in [-0.3, -0.25) is 9.69 Å². The van der Waals surface area contributed by atoms with Gasteiger partial charge >= 0.3 is 5.97 Å². The third-order valence-corrected chi connectivity index (χ3v) is 5.50. The number of imidazole rings is 1. The zero-order valence-electron chi connectivity index (χ0n) is 15.4. The summed E-state index contributed by atoms with van der Waals surface area (Å²) in [4.78, 5) is 18.5. The topological polar surface area (TPSA) is 76.3 Å². The number of hydrogen-bond donors (Lipinski definition) is 1. The number of aromatic nitrogens is 2. The zero-order chi connectivity index (χ0) is 19.1. The van der Waals surface area contributed by atoms with Crippen LogP contribution in [-0.4, -0.2) is 45.2 Å². The second-order valence-corrected chi connectivity index (χ2v) is 7.32. The molecular formula is C21H21N3O4. The van der Waals surface area contributed by atoms with Crippen LogP contribution in [-0.2, 0) is 11.3 Å². The van der Waals surface area contributed by atoms with Gasteiger partial charge < -0.3 is 19.0 Å². The maximum Gasteiger partial charge on any atom is 0.307 e. The zero-order valence-corrected chi connectivity index (χ0v) is 15.4. The summed E-state index contributed by atoms with van der Waals surface area (Å²) in [5, 5.41) is 9.41. The summed E-state index contributed by atoms with van der Waals surface area (Å²) in [6.45, 7) is 2.35. The van der Waals surface area contributed by atoms with Gasteiger partial charge in [-0.25, -0.2) is 4.98 Å². The number of carbonyl (C=O) groups is 1. The van der Waals surface area contributed by atoms with Gasteiger partial charge in [-0.2, -0.15) is 0 Å². The molecular weight excluding hydrogens is 358 g/mol. The maximum atomic E-state index is 11.4. The van der Waals surface area contributed by atoms with Crippen molar-refractivity contribution in [2.45, 2.75) is 19.4 Å². The second-order valence-electron chi connectivity index (χ2n) is 7.32. The number of hydrogen-bond acceptors (Lipinski definition) is 5. The van der Waals surface area contributed by atoms with Crippen LogP contribution in [0.4, 0.5) is 0 Å². The molecule has 1 atom stereocenters. The first kappa shape index (κ1) is 17.1. The number of fused-ring (bicyclic) bond motifs is 2. The van der Waals surface area contributed by atoms with Crippen LogP contribution < -0.4 is 9.47 Å². The van der Waals surface area contributed by atoms with Gasteiger partial charge in [-0.1, -0.05) is 6.07 Å². The van der Waals surface area contributed by atoms with Crippen LogP contribution in [0.5, 0.6) is 11.5 Å². The molecule has 144 valence electrons. The Bertz CT molecular complexity index is 1050. The van der Waals surface area contributed by atoms with Crippen molar-refractivity contribution in [3.63, 3.8) is 0 Å². The third-order valence-electron chi connectivity index (χ3n) is 5.50. The van der Waals surface area contributed by atoms with E-state index >= 15 is 0 Å². The van der Waals surface area contributed by atoms with Crippen LogP contribution in [0.3, 0.4) is 0 Å². The van der Waals surface area contributed by atoms with Crippen LogP contribution >= 0.6 is 0 Å². The lowest BCUT2D eigenvalue weighted by atomic mass is 9.98. The fraction of sp³-hybridized carbons (Fsp3) is 0.333. The molecule has 0 bridgehead atoms. The van der Waals surface area contributed by atoms with E-state index in [4.69, 9.17) is 14.5 Å². The maximum absolute atomic E-state index is 11.4. The second kappa shape index (κ2) is 6.83. The molecule has 28 heavy (non-hydrogen) atoms. The molecule has 2 aliphatic rings. The summed E-state index contributed by atoms with van der Waals surface area (Å²) in [5.41, 5.74) is 3.79. The van der Waals surface area contributed by atoms with E-state index < -0.39 is 5.97 Å². The Labute approximate surface area is 162 Å². The van der Waals surface area contributed by atoms with Crippen molar-refractivity contribution in [1.82, 2.24) is 14.3 Å². The molecule has 7 nitrogen and oxygen atoms in total. The molecule has 0 aliphatic carbocycles. The van der Waals surface area contributed by atoms with Crippen molar-refractivity contribution in [1.29, 1.82) is 0 Å². The Kier molecular flexibility index (Phi) is 4.16. The van der Waals surface area contributed by atoms with E-state index in [1.54, 1.807) is 0 Å². The van der Waals surface area contributed by atoms with Crippen LogP contribution in [0.25, 0.3) is 16.9 Å². The number of carboxylic acid groups (broad SMARTS) is 1. The van der Waals surface area contributed by atoms with E-state index in [1.165, 1.54) is 0 Å². The third kappa shape index (κ3) is 2.97. The Morgan fingerprint density at radius 1 is 1.21 bits per heavy atom. The number of carboxylic acids is 1. The van der Waals surface area contributed by atoms with Crippen molar-refractivity contribution < 1.29 is 19.4 Å². The highest BCUT2D eigenvalue weighted by atomic mass is 16.7. The average molecular weight is 379 g/mol. The first-order valence-corrected chi connectivity index (χ1v) is 9.50. The SMILES string of the molecule is O=C(O)[C@H]1CCCN(Cc2c(-c3ccc4c(c3)OCO4)nc3ccccn23)C1. The lowest BCUT2D eigenvalue weighted by Gasteiger charge is -2.30. The quantitative estimate of drug-likeness (QED) is 0.751. The number of piperidine rings is 1. The van der Waals surface area contributed by atoms with Crippen molar-refractivity contribution in [2.24, 2.45) is 5.92 Å². The molecule has 2 aromatic heterocycles. The van der Waals surface area contributed by atoms with Crippen molar-refractivity contribution in [3.8, 4) is 22.8 Å². The number of aliphatic carboxylic acids is 1. The predicted molar refractivity (Wildman–Crippen MR) is 102 cm³/mol. The highest BCUT2D eigenvalue weighted by Gasteiger charge is 2.27. The van der Waals surface area contributed by atoms with Gasteiger partial charge in [0.05, 0.1) is 17.3 Å². The van der Waals surface area contributed by atoms with E-state index in [-0.39, 0.29) is 12.7 Å². The molecule has 0 unspecified atom stereocenters. The number of nitrogens with zero attached hydrogens (tertiary/aromatic N) is 3. The van der Waals surface area contributed by atoms with Crippen molar-refractivity contribution in [3.05, 3.63) is 48.3 Å². The highest BCUT2D eigenvalue weighted by Crippen LogP contribution is 2.37. The van der Waals surface area contributed by atoms with Crippen LogP contribution in [0.2, 0.25) is 0 Å². The molecule has 2 aliphatic heterocycles. The van der Waals surface area contributed by atoms with Gasteiger partial charge in [-0.15, -0.1) is 0 Å². The molecule has 3 aromatic rings. The van der Waals surface area contributed by atoms with Gasteiger partial charge in [-0.05, 0) is 49.7 Å². The molecule has 7 heteroatoms. The van der Waals surface area contributed by atoms with Crippen LogP contribution in [0.15, 0.2) is 42.6 Å². The fourth-order valence-corrected chi connectivity index (χ4v) is 4.09. The molecule has 1 N–H and O–H groups in total. The van der Waals surface area contributed by atoms with Crippen LogP contribution in [0, 0.1) is 5.92 Å². The molecule has 0 saturated carbocycles. The number of rotatable bonds is 4. The predicted octanol–water partition coefficient (Wildman–Crippen LogP) is 3.03. The van der Waals surface area contributed by atoms with Crippen molar-refractivity contribution >= 4 is 11.6 Å². The van der Waals surface area contributed by atoms with Gasteiger partial charge in [0.25, 0.3) is 0 Å². The van der Waals surface area contributed by atoms with Gasteiger partial charge in [0.15, 0.2) is 11.5 Å². The number of benzene rings is 1. The van der Waals surface area contributed by atoms with E-state index in [2.05, 4.69) is 9.30 Å². The number of likely N-dealkylation sites (tertiary alicyclic amines) is 1. The first-order chi connectivity index (χ1) is 13.7. The summed E-state index contributed by atoms with van der Waals surface area (Å²) in [6.07, 6.45) is 3.65. The largest absolute Gasteiger partial charge is 0.481 e. The number of pyridine rings is 1. The lowest BCUT2D eigenvalue weighted by molar-refractivity contribution is -0.143. The minimum atomic E-state index is -0.709. The summed E-state index contributed by atoms with van der Waals surface area (Å²) in [7, 11) is 0. The monoisotopic (exact) mass is 379 g/mol. The summed E-state index contributed by atoms with van der Waals surface area (Å²) >= 11 is 0. The molecule has 0 amide bonds. The minimum Gasteiger partial charge on any atom is -0.481 e. The lowest BCUT2D eigenvalue weighted by Crippen LogP contribution is -2.38. The molecule has 0 radical (unpaired) electrons. The molecule has 1 fully saturated rings. The normalized spacial score (nSPS) is 19.2. The smallest absolute Gasteiger partial charge is 0.307 e. The van der Waals surface area contributed by atoms with Crippen molar-refractivity contribution in [2.75, 3.05) is 19.9 Å². The molecule has 1 saturated heterocycles. The Morgan fingerprint density at radius 3 is 3.00 bits per heavy atom. The van der Waals surface area contributed by atoms with Crippen LogP contribution in [0.1, 0.15) is 18.5 Å². The molecule has 0 spiro atoms. The molecule has 4 heterocycles. The number of ether oxygens (including phenoxy) is 2. The molecule has 5 rings (SSSR count). The first-order valence-electron chi connectivity index (χ1n) is 9.50. The Hall–Kier alpha value is -3.06. The Balaban J connectivity index is 1.54. The van der Waals surface area contributed by atoms with E-state index in [1.807, 2.05) is 42.6 Å². The standard InChI is InChI=1S/C21H21N3O4/c25-21(26)15-4-3-8-23(11-15)12-16-20(22-19-5-1-2-9-24(16)19)14-6-7-17-18(10-14)28-13-27-17/h1-2,5-7,9-10,15H,3-4,8,11-13H2,(H,25,26)/t15-/m0/s1. The summed E-state index contributed by atoms with van der Waals surface area (Å²) < 4.78 is 13.0. The Morgan fingerprint density at radius 2 is 2.11 bits per heavy atom. The highest BCUT2D eigenvalue weighted by molar-refractivity contribution is 5.71. The average Bonchev–Trinajstić information content (AvgIpc) is 3.32. The van der Waals surface area contributed by atoms with Gasteiger partial charge in [0.2, 0.25) is 6.79 Å². The van der Waals surface area contributed by atoms with Gasteiger partial charge in [0.1, 0.15) is 5.65 Å².